The lowest BCUT2D eigenvalue weighted by Crippen LogP contribution is -2.43. The number of halogens is 1. The third kappa shape index (κ3) is 8.31. The predicted molar refractivity (Wildman–Crippen MR) is 162 cm³/mol. The molecule has 4 rings (SSSR count). The van der Waals surface area contributed by atoms with Gasteiger partial charge in [-0.25, -0.2) is 4.79 Å². The maximum atomic E-state index is 13.5. The number of amides is 1. The summed E-state index contributed by atoms with van der Waals surface area (Å²) < 4.78 is 19.7. The molecule has 0 fully saturated rings. The van der Waals surface area contributed by atoms with Gasteiger partial charge in [0.2, 0.25) is 0 Å². The molecule has 1 unspecified atom stereocenters. The van der Waals surface area contributed by atoms with E-state index in [-0.39, 0.29) is 24.2 Å². The van der Waals surface area contributed by atoms with Gasteiger partial charge in [0.25, 0.3) is 5.56 Å². The van der Waals surface area contributed by atoms with Gasteiger partial charge in [-0.05, 0) is 74.5 Å². The van der Waals surface area contributed by atoms with E-state index in [1.54, 1.807) is 34.0 Å². The largest absolute Gasteiger partial charge is 0.486 e. The Morgan fingerprint density at radius 3 is 2.61 bits per heavy atom. The van der Waals surface area contributed by atoms with E-state index in [2.05, 4.69) is 39.4 Å². The molecule has 3 aromatic rings. The summed E-state index contributed by atoms with van der Waals surface area (Å²) >= 11 is 3.46. The van der Waals surface area contributed by atoms with Crippen LogP contribution < -0.4 is 15.0 Å². The van der Waals surface area contributed by atoms with Crippen molar-refractivity contribution in [1.82, 2.24) is 19.4 Å². The van der Waals surface area contributed by atoms with Gasteiger partial charge in [0.15, 0.2) is 11.5 Å². The van der Waals surface area contributed by atoms with Gasteiger partial charge in [0.1, 0.15) is 18.8 Å². The van der Waals surface area contributed by atoms with Crippen molar-refractivity contribution in [3.05, 3.63) is 69.3 Å². The topological polar surface area (TPSA) is 95.8 Å². The van der Waals surface area contributed by atoms with Crippen molar-refractivity contribution < 1.29 is 19.0 Å². The van der Waals surface area contributed by atoms with Crippen LogP contribution in [-0.4, -0.2) is 50.4 Å². The number of allylic oxidation sites excluding steroid dienone is 1. The van der Waals surface area contributed by atoms with Crippen molar-refractivity contribution in [1.29, 1.82) is 0 Å². The summed E-state index contributed by atoms with van der Waals surface area (Å²) in [5.41, 5.74) is 2.56. The average molecular weight is 628 g/mol. The Labute approximate surface area is 249 Å². The van der Waals surface area contributed by atoms with E-state index in [0.717, 1.165) is 33.9 Å². The summed E-state index contributed by atoms with van der Waals surface area (Å²) in [6, 6.07) is 6.96. The zero-order chi connectivity index (χ0) is 29.6. The molecule has 0 saturated carbocycles. The minimum absolute atomic E-state index is 0.0721. The molecule has 220 valence electrons. The Balaban J connectivity index is 1.47. The highest BCUT2D eigenvalue weighted by atomic mass is 79.9. The molecule has 1 aliphatic heterocycles. The van der Waals surface area contributed by atoms with Crippen LogP contribution in [0.4, 0.5) is 4.79 Å². The minimum atomic E-state index is -0.633. The Kier molecular flexibility index (Phi) is 10.1. The van der Waals surface area contributed by atoms with E-state index in [9.17, 15) is 9.59 Å². The fourth-order valence-electron chi connectivity index (χ4n) is 4.84. The van der Waals surface area contributed by atoms with E-state index in [0.29, 0.717) is 56.2 Å². The second-order valence-corrected chi connectivity index (χ2v) is 12.2. The van der Waals surface area contributed by atoms with E-state index in [4.69, 9.17) is 14.2 Å². The first-order valence-electron chi connectivity index (χ1n) is 14.1. The predicted octanol–water partition coefficient (Wildman–Crippen LogP) is 6.66. The van der Waals surface area contributed by atoms with Gasteiger partial charge in [-0.15, -0.1) is 0 Å². The summed E-state index contributed by atoms with van der Waals surface area (Å²) in [5, 5.41) is 0. The van der Waals surface area contributed by atoms with Crippen molar-refractivity contribution in [3.8, 4) is 11.5 Å². The lowest BCUT2D eigenvalue weighted by molar-refractivity contribution is 0.0116. The van der Waals surface area contributed by atoms with Gasteiger partial charge in [-0.3, -0.25) is 19.7 Å². The second kappa shape index (κ2) is 13.5. The van der Waals surface area contributed by atoms with Crippen molar-refractivity contribution >= 4 is 33.1 Å². The summed E-state index contributed by atoms with van der Waals surface area (Å²) in [5.74, 6) is 1.25. The number of fused-ring (bicyclic) bond motifs is 2. The summed E-state index contributed by atoms with van der Waals surface area (Å²) in [7, 11) is 0. The van der Waals surface area contributed by atoms with E-state index >= 15 is 0 Å². The lowest BCUT2D eigenvalue weighted by atomic mass is 9.99. The standard InChI is InChI=1S/C31H39BrN4O5/c1-6-7-24(9-8-21(2)12-13-35-26-16-22(32)18-34-25(26)10-11-29(35)37)36(30(38)41-31(3,4)5)20-23-17-27-28(19-33-23)40-15-14-39-27/h10-11,16-19,24H,2,6-9,12-15,20H2,1,3-5H3. The summed E-state index contributed by atoms with van der Waals surface area (Å²) in [6.45, 7) is 13.8. The molecule has 0 aliphatic carbocycles. The van der Waals surface area contributed by atoms with E-state index < -0.39 is 5.60 Å². The zero-order valence-electron chi connectivity index (χ0n) is 24.3. The number of pyridine rings is 3. The molecule has 0 radical (unpaired) electrons. The van der Waals surface area contributed by atoms with Crippen LogP contribution in [0.5, 0.6) is 11.5 Å². The van der Waals surface area contributed by atoms with Gasteiger partial charge < -0.3 is 18.8 Å². The molecule has 3 aromatic heterocycles. The van der Waals surface area contributed by atoms with Gasteiger partial charge in [-0.2, -0.15) is 0 Å². The minimum Gasteiger partial charge on any atom is -0.486 e. The molecule has 4 heterocycles. The zero-order valence-corrected chi connectivity index (χ0v) is 25.9. The summed E-state index contributed by atoms with van der Waals surface area (Å²) in [4.78, 5) is 36.8. The van der Waals surface area contributed by atoms with Crippen LogP contribution in [0.25, 0.3) is 11.0 Å². The molecule has 9 nitrogen and oxygen atoms in total. The Bertz CT molecular complexity index is 1450. The van der Waals surface area contributed by atoms with Crippen molar-refractivity contribution in [2.24, 2.45) is 0 Å². The number of aryl methyl sites for hydroxylation is 1. The number of hydrogen-bond acceptors (Lipinski definition) is 7. The van der Waals surface area contributed by atoms with Crippen LogP contribution in [-0.2, 0) is 17.8 Å². The van der Waals surface area contributed by atoms with E-state index in [1.807, 2.05) is 32.9 Å². The first kappa shape index (κ1) is 30.6. The van der Waals surface area contributed by atoms with Gasteiger partial charge in [-0.1, -0.05) is 25.5 Å². The first-order valence-corrected chi connectivity index (χ1v) is 14.9. The quantitative estimate of drug-likeness (QED) is 0.220. The van der Waals surface area contributed by atoms with Gasteiger partial charge in [0.05, 0.1) is 29.5 Å². The fourth-order valence-corrected chi connectivity index (χ4v) is 5.16. The van der Waals surface area contributed by atoms with Crippen LogP contribution in [0.1, 0.15) is 65.5 Å². The molecular formula is C31H39BrN4O5. The van der Waals surface area contributed by atoms with Gasteiger partial charge >= 0.3 is 6.09 Å². The molecule has 10 heteroatoms. The number of rotatable bonds is 11. The highest BCUT2D eigenvalue weighted by Crippen LogP contribution is 2.31. The average Bonchev–Trinajstić information content (AvgIpc) is 2.92. The molecule has 0 saturated heterocycles. The second-order valence-electron chi connectivity index (χ2n) is 11.3. The monoisotopic (exact) mass is 626 g/mol. The molecule has 0 aromatic carbocycles. The first-order chi connectivity index (χ1) is 19.5. The van der Waals surface area contributed by atoms with Crippen molar-refractivity contribution in [2.45, 2.75) is 84.5 Å². The molecule has 41 heavy (non-hydrogen) atoms. The maximum absolute atomic E-state index is 13.5. The highest BCUT2D eigenvalue weighted by Gasteiger charge is 2.29. The van der Waals surface area contributed by atoms with Gasteiger partial charge in [0, 0.05) is 35.4 Å². The number of hydrogen-bond donors (Lipinski definition) is 0. The smallest absolute Gasteiger partial charge is 0.410 e. The number of ether oxygens (including phenoxy) is 3. The molecule has 0 bridgehead atoms. The molecule has 1 atom stereocenters. The van der Waals surface area contributed by atoms with Crippen molar-refractivity contribution in [3.63, 3.8) is 0 Å². The highest BCUT2D eigenvalue weighted by molar-refractivity contribution is 9.10. The SMILES string of the molecule is C=C(CCC(CCC)N(Cc1cc2c(cn1)OCCO2)C(=O)OC(C)(C)C)CCn1c(=O)ccc2ncc(Br)cc21. The van der Waals surface area contributed by atoms with Crippen LogP contribution in [0.3, 0.4) is 0 Å². The lowest BCUT2D eigenvalue weighted by Gasteiger charge is -2.34. The molecular weight excluding hydrogens is 588 g/mol. The molecule has 1 amide bonds. The third-order valence-electron chi connectivity index (χ3n) is 6.83. The summed E-state index contributed by atoms with van der Waals surface area (Å²) in [6.07, 6.45) is 6.77. The maximum Gasteiger partial charge on any atom is 0.410 e. The van der Waals surface area contributed by atoms with Crippen molar-refractivity contribution in [2.75, 3.05) is 13.2 Å². The molecule has 1 aliphatic rings. The Morgan fingerprint density at radius 2 is 1.88 bits per heavy atom. The number of carbonyl (C=O) groups excluding carboxylic acids is 1. The number of aromatic nitrogens is 3. The van der Waals surface area contributed by atoms with E-state index in [1.165, 1.54) is 0 Å². The fraction of sp³-hybridized carbons (Fsp3) is 0.484. The Morgan fingerprint density at radius 1 is 1.12 bits per heavy atom. The molecule has 0 N–H and O–H groups in total. The Hall–Kier alpha value is -3.40. The third-order valence-corrected chi connectivity index (χ3v) is 7.27. The number of carbonyl (C=O) groups is 1. The van der Waals surface area contributed by atoms with Crippen LogP contribution in [0.15, 0.2) is 58.1 Å². The molecule has 0 spiro atoms. The normalized spacial score (nSPS) is 13.6. The van der Waals surface area contributed by atoms with Crippen LogP contribution >= 0.6 is 15.9 Å². The number of nitrogens with zero attached hydrogens (tertiary/aromatic N) is 4. The van der Waals surface area contributed by atoms with Crippen LogP contribution in [0.2, 0.25) is 0 Å². The van der Waals surface area contributed by atoms with Crippen LogP contribution in [0, 0.1) is 0 Å².